The maximum absolute atomic E-state index is 12.7. The van der Waals surface area contributed by atoms with Crippen molar-refractivity contribution in [3.05, 3.63) is 70.8 Å². The zero-order valence-electron chi connectivity index (χ0n) is 12.2. The molecule has 0 N–H and O–H groups in total. The minimum atomic E-state index is -4.40. The Labute approximate surface area is 137 Å². The van der Waals surface area contributed by atoms with Crippen molar-refractivity contribution < 1.29 is 18.0 Å². The van der Waals surface area contributed by atoms with E-state index in [1.165, 1.54) is 12.1 Å². The van der Waals surface area contributed by atoms with Crippen LogP contribution in [0.25, 0.3) is 0 Å². The number of benzene rings is 2. The molecule has 0 amide bonds. The fourth-order valence-corrected chi connectivity index (χ4v) is 3.25. The summed E-state index contributed by atoms with van der Waals surface area (Å²) in [6.45, 7) is 0. The maximum Gasteiger partial charge on any atom is 0.416 e. The molecule has 0 heterocycles. The van der Waals surface area contributed by atoms with Crippen LogP contribution in [0.5, 0.6) is 0 Å². The Morgan fingerprint density at radius 3 is 2.17 bits per heavy atom. The quantitative estimate of drug-likeness (QED) is 0.534. The van der Waals surface area contributed by atoms with Crippen LogP contribution >= 0.6 is 11.6 Å². The van der Waals surface area contributed by atoms with Crippen molar-refractivity contribution in [3.8, 4) is 0 Å². The molecule has 1 unspecified atom stereocenters. The van der Waals surface area contributed by atoms with Gasteiger partial charge in [0.15, 0.2) is 5.78 Å². The van der Waals surface area contributed by atoms with E-state index in [2.05, 4.69) is 0 Å². The number of rotatable bonds is 1. The van der Waals surface area contributed by atoms with Crippen molar-refractivity contribution in [3.63, 3.8) is 0 Å². The summed E-state index contributed by atoms with van der Waals surface area (Å²) in [6, 6.07) is 12.2. The molecule has 1 nitrogen and oxygen atoms in total. The standard InChI is InChI=1S/C18H14ClF3O/c19-17(14-5-7-15(8-6-14)18(20,21)22)10-9-12-3-1-2-4-13(12)11-16(17)23/h1-8H,9-11H2. The highest BCUT2D eigenvalue weighted by Gasteiger charge is 2.40. The number of ketones is 1. The number of alkyl halides is 4. The van der Waals surface area contributed by atoms with E-state index in [0.29, 0.717) is 18.4 Å². The van der Waals surface area contributed by atoms with Crippen molar-refractivity contribution >= 4 is 17.4 Å². The molecule has 5 heteroatoms. The van der Waals surface area contributed by atoms with E-state index in [4.69, 9.17) is 11.6 Å². The molecule has 0 fully saturated rings. The van der Waals surface area contributed by atoms with E-state index in [1.54, 1.807) is 0 Å². The number of hydrogen-bond donors (Lipinski definition) is 0. The van der Waals surface area contributed by atoms with Crippen LogP contribution in [0.2, 0.25) is 0 Å². The number of halogens is 4. The Kier molecular flexibility index (Phi) is 3.96. The minimum absolute atomic E-state index is 0.177. The van der Waals surface area contributed by atoms with E-state index in [0.717, 1.165) is 23.3 Å². The Hall–Kier alpha value is -1.81. The topological polar surface area (TPSA) is 17.1 Å². The summed E-state index contributed by atoms with van der Waals surface area (Å²) in [4.78, 5) is 11.4. The summed E-state index contributed by atoms with van der Waals surface area (Å²) in [5, 5.41) is 0. The van der Waals surface area contributed by atoms with Crippen LogP contribution in [-0.2, 0) is 28.7 Å². The van der Waals surface area contributed by atoms with Gasteiger partial charge in [-0.1, -0.05) is 36.4 Å². The molecule has 0 spiro atoms. The Morgan fingerprint density at radius 2 is 1.57 bits per heavy atom. The number of hydrogen-bond acceptors (Lipinski definition) is 1. The normalized spacial score (nSPS) is 21.7. The van der Waals surface area contributed by atoms with Crippen molar-refractivity contribution in [2.45, 2.75) is 30.3 Å². The second-order valence-corrected chi connectivity index (χ2v) is 6.39. The second kappa shape index (κ2) is 5.68. The van der Waals surface area contributed by atoms with Crippen LogP contribution in [0, 0.1) is 0 Å². The monoisotopic (exact) mass is 338 g/mol. The molecule has 0 saturated heterocycles. The molecule has 0 radical (unpaired) electrons. The van der Waals surface area contributed by atoms with Gasteiger partial charge in [-0.3, -0.25) is 4.79 Å². The maximum atomic E-state index is 12.7. The lowest BCUT2D eigenvalue weighted by Crippen LogP contribution is -2.30. The SMILES string of the molecule is O=C1Cc2ccccc2CCC1(Cl)c1ccc(C(F)(F)F)cc1. The number of Topliss-reactive ketones (excluding diaryl/α,β-unsaturated/α-hetero) is 1. The number of aryl methyl sites for hydroxylation is 1. The third-order valence-corrected chi connectivity index (χ3v) is 4.94. The fraction of sp³-hybridized carbons (Fsp3) is 0.278. The van der Waals surface area contributed by atoms with Gasteiger partial charge in [0, 0.05) is 6.42 Å². The van der Waals surface area contributed by atoms with E-state index >= 15 is 0 Å². The highest BCUT2D eigenvalue weighted by molar-refractivity contribution is 6.35. The zero-order valence-corrected chi connectivity index (χ0v) is 12.9. The molecule has 1 aliphatic carbocycles. The van der Waals surface area contributed by atoms with Crippen LogP contribution in [0.4, 0.5) is 13.2 Å². The van der Waals surface area contributed by atoms with Gasteiger partial charge < -0.3 is 0 Å². The van der Waals surface area contributed by atoms with Gasteiger partial charge in [0.1, 0.15) is 4.87 Å². The number of carbonyl (C=O) groups excluding carboxylic acids is 1. The van der Waals surface area contributed by atoms with Gasteiger partial charge in [-0.15, -0.1) is 11.6 Å². The smallest absolute Gasteiger partial charge is 0.297 e. The summed E-state index contributed by atoms with van der Waals surface area (Å²) in [6.07, 6.45) is -3.22. The fourth-order valence-electron chi connectivity index (χ4n) is 2.96. The van der Waals surface area contributed by atoms with Crippen LogP contribution in [0.1, 0.15) is 28.7 Å². The van der Waals surface area contributed by atoms with Crippen molar-refractivity contribution in [2.24, 2.45) is 0 Å². The first kappa shape index (κ1) is 16.1. The van der Waals surface area contributed by atoms with Crippen LogP contribution in [-0.4, -0.2) is 5.78 Å². The van der Waals surface area contributed by atoms with E-state index in [-0.39, 0.29) is 12.2 Å². The largest absolute Gasteiger partial charge is 0.416 e. The van der Waals surface area contributed by atoms with Crippen molar-refractivity contribution in [2.75, 3.05) is 0 Å². The summed E-state index contributed by atoms with van der Waals surface area (Å²) < 4.78 is 38.0. The molecule has 1 aliphatic rings. The second-order valence-electron chi connectivity index (χ2n) is 5.74. The van der Waals surface area contributed by atoms with Gasteiger partial charge in [0.25, 0.3) is 0 Å². The first-order valence-electron chi connectivity index (χ1n) is 7.27. The highest BCUT2D eigenvalue weighted by atomic mass is 35.5. The highest BCUT2D eigenvalue weighted by Crippen LogP contribution is 2.40. The van der Waals surface area contributed by atoms with Gasteiger partial charge in [0.05, 0.1) is 5.56 Å². The van der Waals surface area contributed by atoms with Crippen LogP contribution in [0.15, 0.2) is 48.5 Å². The average Bonchev–Trinajstić information content (AvgIpc) is 2.65. The zero-order chi connectivity index (χ0) is 16.7. The first-order valence-corrected chi connectivity index (χ1v) is 7.65. The van der Waals surface area contributed by atoms with Crippen molar-refractivity contribution in [1.29, 1.82) is 0 Å². The first-order chi connectivity index (χ1) is 10.8. The Morgan fingerprint density at radius 1 is 0.957 bits per heavy atom. The molecular weight excluding hydrogens is 325 g/mol. The lowest BCUT2D eigenvalue weighted by Gasteiger charge is -2.24. The third kappa shape index (κ3) is 3.00. The minimum Gasteiger partial charge on any atom is -0.297 e. The predicted octanol–water partition coefficient (Wildman–Crippen LogP) is 4.90. The Balaban J connectivity index is 1.94. The lowest BCUT2D eigenvalue weighted by molar-refractivity contribution is -0.137. The molecular formula is C18H14ClF3O. The van der Waals surface area contributed by atoms with E-state index < -0.39 is 16.6 Å². The number of fused-ring (bicyclic) bond motifs is 1. The third-order valence-electron chi connectivity index (χ3n) is 4.32. The van der Waals surface area contributed by atoms with Crippen LogP contribution < -0.4 is 0 Å². The molecule has 0 aliphatic heterocycles. The molecule has 0 saturated carbocycles. The molecule has 120 valence electrons. The lowest BCUT2D eigenvalue weighted by atomic mass is 9.88. The molecule has 0 bridgehead atoms. The number of carbonyl (C=O) groups is 1. The van der Waals surface area contributed by atoms with E-state index in [9.17, 15) is 18.0 Å². The molecule has 2 aromatic carbocycles. The predicted molar refractivity (Wildman–Crippen MR) is 82.4 cm³/mol. The summed E-state index contributed by atoms with van der Waals surface area (Å²) in [5.74, 6) is -0.177. The van der Waals surface area contributed by atoms with Gasteiger partial charge in [-0.25, -0.2) is 0 Å². The van der Waals surface area contributed by atoms with Gasteiger partial charge in [0.2, 0.25) is 0 Å². The van der Waals surface area contributed by atoms with Gasteiger partial charge in [-0.2, -0.15) is 13.2 Å². The van der Waals surface area contributed by atoms with Gasteiger partial charge in [-0.05, 0) is 41.7 Å². The Bertz CT molecular complexity index is 737. The molecule has 23 heavy (non-hydrogen) atoms. The van der Waals surface area contributed by atoms with E-state index in [1.807, 2.05) is 24.3 Å². The molecule has 0 aromatic heterocycles. The molecule has 3 rings (SSSR count). The summed E-state index contributed by atoms with van der Waals surface area (Å²) in [5.41, 5.74) is 1.68. The summed E-state index contributed by atoms with van der Waals surface area (Å²) >= 11 is 6.58. The van der Waals surface area contributed by atoms with Gasteiger partial charge >= 0.3 is 6.18 Å². The molecule has 1 atom stereocenters. The van der Waals surface area contributed by atoms with Crippen LogP contribution in [0.3, 0.4) is 0 Å². The average molecular weight is 339 g/mol. The molecule has 2 aromatic rings. The summed E-state index contributed by atoms with van der Waals surface area (Å²) in [7, 11) is 0. The van der Waals surface area contributed by atoms with Crippen molar-refractivity contribution in [1.82, 2.24) is 0 Å².